The quantitative estimate of drug-likeness (QED) is 0.623. The van der Waals surface area contributed by atoms with Crippen LogP contribution < -0.4 is 5.32 Å². The second-order valence-electron chi connectivity index (χ2n) is 4.93. The highest BCUT2D eigenvalue weighted by Gasteiger charge is 2.17. The average Bonchev–Trinajstić information content (AvgIpc) is 2.10. The molecule has 18 heavy (non-hydrogen) atoms. The Labute approximate surface area is 106 Å². The Kier molecular flexibility index (Phi) is 6.32. The number of ether oxygens (including phenoxy) is 1. The Morgan fingerprint density at radius 1 is 1.22 bits per heavy atom. The minimum atomic E-state index is -1.02. The van der Waals surface area contributed by atoms with Crippen molar-refractivity contribution >= 4 is 17.8 Å². The Balaban J connectivity index is 3.90. The molecule has 0 fully saturated rings. The summed E-state index contributed by atoms with van der Waals surface area (Å²) in [6.07, 6.45) is 0. The maximum absolute atomic E-state index is 11.4. The molecule has 0 aliphatic heterocycles. The maximum atomic E-state index is 11.4. The van der Waals surface area contributed by atoms with Gasteiger partial charge in [-0.3, -0.25) is 19.3 Å². The molecule has 2 N–H and O–H groups in total. The van der Waals surface area contributed by atoms with Crippen molar-refractivity contribution in [3.8, 4) is 0 Å². The lowest BCUT2D eigenvalue weighted by Gasteiger charge is -2.20. The van der Waals surface area contributed by atoms with E-state index < -0.39 is 23.4 Å². The highest BCUT2D eigenvalue weighted by Crippen LogP contribution is 2.06. The van der Waals surface area contributed by atoms with Crippen molar-refractivity contribution in [2.24, 2.45) is 0 Å². The van der Waals surface area contributed by atoms with Crippen molar-refractivity contribution < 1.29 is 24.2 Å². The first-order chi connectivity index (χ1) is 8.10. The van der Waals surface area contributed by atoms with Crippen molar-refractivity contribution in [2.75, 3.05) is 26.7 Å². The van der Waals surface area contributed by atoms with Crippen LogP contribution in [-0.4, -0.2) is 60.1 Å². The van der Waals surface area contributed by atoms with E-state index in [4.69, 9.17) is 9.84 Å². The SMILES string of the molecule is CN(CC(=O)O)CC(=O)NCC(=O)OC(C)(C)C. The fourth-order valence-corrected chi connectivity index (χ4v) is 1.14. The van der Waals surface area contributed by atoms with E-state index in [0.29, 0.717) is 0 Å². The number of nitrogens with zero attached hydrogens (tertiary/aromatic N) is 1. The van der Waals surface area contributed by atoms with Crippen LogP contribution in [-0.2, 0) is 19.1 Å². The zero-order chi connectivity index (χ0) is 14.3. The molecule has 0 aliphatic carbocycles. The summed E-state index contributed by atoms with van der Waals surface area (Å²) in [5.41, 5.74) is -0.595. The minimum absolute atomic E-state index is 0.0882. The lowest BCUT2D eigenvalue weighted by molar-refractivity contribution is -0.154. The second kappa shape index (κ2) is 6.95. The number of rotatable bonds is 6. The maximum Gasteiger partial charge on any atom is 0.325 e. The fourth-order valence-electron chi connectivity index (χ4n) is 1.14. The smallest absolute Gasteiger partial charge is 0.325 e. The highest BCUT2D eigenvalue weighted by atomic mass is 16.6. The summed E-state index contributed by atoms with van der Waals surface area (Å²) in [6.45, 7) is 4.64. The predicted octanol–water partition coefficient (Wildman–Crippen LogP) is -0.539. The molecule has 0 unspecified atom stereocenters. The van der Waals surface area contributed by atoms with E-state index in [2.05, 4.69) is 5.32 Å². The molecular weight excluding hydrogens is 240 g/mol. The van der Waals surface area contributed by atoms with Crippen LogP contribution in [0.4, 0.5) is 0 Å². The molecule has 0 atom stereocenters. The summed E-state index contributed by atoms with van der Waals surface area (Å²) in [7, 11) is 1.50. The molecule has 7 heteroatoms. The molecule has 0 rings (SSSR count). The molecule has 0 saturated carbocycles. The third kappa shape index (κ3) is 9.59. The van der Waals surface area contributed by atoms with E-state index in [1.165, 1.54) is 11.9 Å². The molecule has 0 spiro atoms. The number of hydrogen-bond donors (Lipinski definition) is 2. The van der Waals surface area contributed by atoms with E-state index in [0.717, 1.165) is 0 Å². The van der Waals surface area contributed by atoms with Gasteiger partial charge in [0, 0.05) is 0 Å². The van der Waals surface area contributed by atoms with Gasteiger partial charge in [-0.2, -0.15) is 0 Å². The molecule has 104 valence electrons. The molecule has 0 radical (unpaired) electrons. The lowest BCUT2D eigenvalue weighted by atomic mass is 10.2. The first-order valence-electron chi connectivity index (χ1n) is 5.49. The van der Waals surface area contributed by atoms with Crippen LogP contribution in [0.1, 0.15) is 20.8 Å². The number of carboxylic acids is 1. The third-order valence-corrected chi connectivity index (χ3v) is 1.67. The van der Waals surface area contributed by atoms with E-state index >= 15 is 0 Å². The van der Waals surface area contributed by atoms with Crippen molar-refractivity contribution in [2.45, 2.75) is 26.4 Å². The van der Waals surface area contributed by atoms with E-state index in [-0.39, 0.29) is 19.6 Å². The van der Waals surface area contributed by atoms with Crippen LogP contribution in [0.25, 0.3) is 0 Å². The Morgan fingerprint density at radius 3 is 2.22 bits per heavy atom. The van der Waals surface area contributed by atoms with E-state index in [1.54, 1.807) is 20.8 Å². The minimum Gasteiger partial charge on any atom is -0.480 e. The van der Waals surface area contributed by atoms with E-state index in [1.807, 2.05) is 0 Å². The van der Waals surface area contributed by atoms with Crippen molar-refractivity contribution in [3.05, 3.63) is 0 Å². The number of aliphatic carboxylic acids is 1. The van der Waals surface area contributed by atoms with Gasteiger partial charge in [-0.1, -0.05) is 0 Å². The Morgan fingerprint density at radius 2 is 1.78 bits per heavy atom. The fraction of sp³-hybridized carbons (Fsp3) is 0.727. The number of likely N-dealkylation sites (N-methyl/N-ethyl adjacent to an activating group) is 1. The van der Waals surface area contributed by atoms with Crippen LogP contribution in [0.2, 0.25) is 0 Å². The summed E-state index contributed by atoms with van der Waals surface area (Å²) < 4.78 is 5.00. The molecular formula is C11H20N2O5. The van der Waals surface area contributed by atoms with E-state index in [9.17, 15) is 14.4 Å². The first kappa shape index (κ1) is 16.4. The van der Waals surface area contributed by atoms with Gasteiger partial charge in [0.2, 0.25) is 5.91 Å². The summed E-state index contributed by atoms with van der Waals surface area (Å²) in [5.74, 6) is -1.97. The van der Waals surface area contributed by atoms with Gasteiger partial charge in [0.05, 0.1) is 13.1 Å². The van der Waals surface area contributed by atoms with Gasteiger partial charge < -0.3 is 15.2 Å². The van der Waals surface area contributed by atoms with Gasteiger partial charge in [0.1, 0.15) is 12.1 Å². The van der Waals surface area contributed by atoms with Crippen LogP contribution in [0.3, 0.4) is 0 Å². The largest absolute Gasteiger partial charge is 0.480 e. The summed E-state index contributed by atoms with van der Waals surface area (Å²) >= 11 is 0. The summed E-state index contributed by atoms with van der Waals surface area (Å²) in [4.78, 5) is 34.3. The monoisotopic (exact) mass is 260 g/mol. The Hall–Kier alpha value is -1.63. The van der Waals surface area contributed by atoms with Gasteiger partial charge in [0.15, 0.2) is 0 Å². The number of amides is 1. The number of carbonyl (C=O) groups excluding carboxylic acids is 2. The highest BCUT2D eigenvalue weighted by molar-refractivity contribution is 5.83. The molecule has 7 nitrogen and oxygen atoms in total. The zero-order valence-corrected chi connectivity index (χ0v) is 11.1. The molecule has 0 aromatic rings. The number of nitrogens with one attached hydrogen (secondary N) is 1. The number of esters is 1. The van der Waals surface area contributed by atoms with Crippen LogP contribution >= 0.6 is 0 Å². The third-order valence-electron chi connectivity index (χ3n) is 1.67. The molecule has 1 amide bonds. The van der Waals surface area contributed by atoms with Crippen LogP contribution in [0, 0.1) is 0 Å². The van der Waals surface area contributed by atoms with Crippen LogP contribution in [0.15, 0.2) is 0 Å². The van der Waals surface area contributed by atoms with Gasteiger partial charge in [-0.25, -0.2) is 0 Å². The molecule has 0 aromatic heterocycles. The number of carboxylic acid groups (broad SMARTS) is 1. The van der Waals surface area contributed by atoms with Crippen molar-refractivity contribution in [1.29, 1.82) is 0 Å². The van der Waals surface area contributed by atoms with Gasteiger partial charge in [0.25, 0.3) is 0 Å². The standard InChI is InChI=1S/C11H20N2O5/c1-11(2,3)18-10(17)5-12-8(14)6-13(4)7-9(15)16/h5-7H2,1-4H3,(H,12,14)(H,15,16). The molecule has 0 aliphatic rings. The molecule has 0 aromatic carbocycles. The van der Waals surface area contributed by atoms with Crippen molar-refractivity contribution in [1.82, 2.24) is 10.2 Å². The van der Waals surface area contributed by atoms with Gasteiger partial charge in [-0.05, 0) is 27.8 Å². The Bertz CT molecular complexity index is 322. The predicted molar refractivity (Wildman–Crippen MR) is 64.0 cm³/mol. The summed E-state index contributed by atoms with van der Waals surface area (Å²) in [5, 5.41) is 10.9. The van der Waals surface area contributed by atoms with Gasteiger partial charge in [-0.15, -0.1) is 0 Å². The van der Waals surface area contributed by atoms with Gasteiger partial charge >= 0.3 is 11.9 Å². The topological polar surface area (TPSA) is 95.9 Å². The molecule has 0 saturated heterocycles. The number of hydrogen-bond acceptors (Lipinski definition) is 5. The number of carbonyl (C=O) groups is 3. The first-order valence-corrected chi connectivity index (χ1v) is 5.49. The summed E-state index contributed by atoms with van der Waals surface area (Å²) in [6, 6.07) is 0. The molecule has 0 heterocycles. The average molecular weight is 260 g/mol. The van der Waals surface area contributed by atoms with Crippen molar-refractivity contribution in [3.63, 3.8) is 0 Å². The van der Waals surface area contributed by atoms with Crippen LogP contribution in [0.5, 0.6) is 0 Å². The second-order valence-corrected chi connectivity index (χ2v) is 4.93. The molecule has 0 bridgehead atoms. The normalized spacial score (nSPS) is 11.2. The zero-order valence-electron chi connectivity index (χ0n) is 11.1. The lowest BCUT2D eigenvalue weighted by Crippen LogP contribution is -2.40.